The third kappa shape index (κ3) is 2.96. The second-order valence-corrected chi connectivity index (χ2v) is 5.84. The van der Waals surface area contributed by atoms with Crippen LogP contribution in [0.4, 0.5) is 19.0 Å². The number of piperidine rings is 1. The maximum atomic E-state index is 12.8. The Bertz CT molecular complexity index is 691. The highest BCUT2D eigenvalue weighted by molar-refractivity contribution is 6.31. The van der Waals surface area contributed by atoms with Gasteiger partial charge in [-0.25, -0.2) is 4.98 Å². The van der Waals surface area contributed by atoms with Gasteiger partial charge in [-0.2, -0.15) is 13.2 Å². The van der Waals surface area contributed by atoms with Crippen molar-refractivity contribution in [1.29, 1.82) is 0 Å². The van der Waals surface area contributed by atoms with Gasteiger partial charge in [0.15, 0.2) is 0 Å². The van der Waals surface area contributed by atoms with Gasteiger partial charge in [0.2, 0.25) is 0 Å². The summed E-state index contributed by atoms with van der Waals surface area (Å²) in [5, 5.41) is 0.558. The maximum Gasteiger partial charge on any atom is 0.393 e. The number of nitrogens with two attached hydrogens (primary N) is 1. The van der Waals surface area contributed by atoms with E-state index < -0.39 is 18.1 Å². The fourth-order valence-corrected chi connectivity index (χ4v) is 2.89. The van der Waals surface area contributed by atoms with Crippen molar-refractivity contribution in [2.75, 3.05) is 18.0 Å². The quantitative estimate of drug-likeness (QED) is 0.873. The molecule has 2 aromatic rings. The average molecular weight is 331 g/mol. The standard InChI is InChI=1S/C14H14ClF3N4/c15-8-1-2-11-12(5-8)20-6-13(21-11)22-4-3-9(10(19)7-22)14(16,17)18/h1-2,5-6,9-10H,3-4,7,19H2. The van der Waals surface area contributed by atoms with E-state index in [1.54, 1.807) is 29.3 Å². The van der Waals surface area contributed by atoms with Crippen LogP contribution in [0.1, 0.15) is 6.42 Å². The minimum absolute atomic E-state index is 0.0367. The maximum absolute atomic E-state index is 12.8. The van der Waals surface area contributed by atoms with Gasteiger partial charge in [0.05, 0.1) is 23.1 Å². The first-order valence-electron chi connectivity index (χ1n) is 6.84. The first-order chi connectivity index (χ1) is 10.3. The van der Waals surface area contributed by atoms with E-state index in [4.69, 9.17) is 17.3 Å². The van der Waals surface area contributed by atoms with Crippen LogP contribution in [0, 0.1) is 5.92 Å². The van der Waals surface area contributed by atoms with Crippen LogP contribution >= 0.6 is 11.6 Å². The van der Waals surface area contributed by atoms with Crippen molar-refractivity contribution in [1.82, 2.24) is 9.97 Å². The van der Waals surface area contributed by atoms with Gasteiger partial charge in [-0.05, 0) is 24.6 Å². The van der Waals surface area contributed by atoms with Crippen LogP contribution in [0.5, 0.6) is 0 Å². The Morgan fingerprint density at radius 1 is 1.27 bits per heavy atom. The van der Waals surface area contributed by atoms with Crippen molar-refractivity contribution in [3.63, 3.8) is 0 Å². The number of benzene rings is 1. The van der Waals surface area contributed by atoms with E-state index in [0.717, 1.165) is 0 Å². The molecule has 2 unspecified atom stereocenters. The Labute approximate surface area is 130 Å². The molecule has 1 aromatic heterocycles. The van der Waals surface area contributed by atoms with Gasteiger partial charge in [0.1, 0.15) is 5.82 Å². The minimum Gasteiger partial charge on any atom is -0.354 e. The lowest BCUT2D eigenvalue weighted by molar-refractivity contribution is -0.183. The molecule has 2 heterocycles. The fourth-order valence-electron chi connectivity index (χ4n) is 2.72. The predicted molar refractivity (Wildman–Crippen MR) is 78.9 cm³/mol. The average Bonchev–Trinajstić information content (AvgIpc) is 2.45. The van der Waals surface area contributed by atoms with Gasteiger partial charge in [-0.1, -0.05) is 11.6 Å². The lowest BCUT2D eigenvalue weighted by atomic mass is 9.91. The smallest absolute Gasteiger partial charge is 0.354 e. The summed E-state index contributed by atoms with van der Waals surface area (Å²) in [4.78, 5) is 10.4. The third-order valence-electron chi connectivity index (χ3n) is 3.89. The van der Waals surface area contributed by atoms with Gasteiger partial charge in [0.25, 0.3) is 0 Å². The molecule has 1 fully saturated rings. The molecular weight excluding hydrogens is 317 g/mol. The molecule has 0 saturated carbocycles. The number of halogens is 4. The molecule has 4 nitrogen and oxygen atoms in total. The number of rotatable bonds is 1. The van der Waals surface area contributed by atoms with Crippen LogP contribution in [0.3, 0.4) is 0 Å². The van der Waals surface area contributed by atoms with E-state index >= 15 is 0 Å². The van der Waals surface area contributed by atoms with Crippen molar-refractivity contribution in [2.45, 2.75) is 18.6 Å². The Balaban J connectivity index is 1.82. The van der Waals surface area contributed by atoms with E-state index in [0.29, 0.717) is 21.9 Å². The minimum atomic E-state index is -4.25. The van der Waals surface area contributed by atoms with Gasteiger partial charge >= 0.3 is 6.18 Å². The van der Waals surface area contributed by atoms with Gasteiger partial charge in [-0.15, -0.1) is 0 Å². The predicted octanol–water partition coefficient (Wildman–Crippen LogP) is 3.00. The topological polar surface area (TPSA) is 55.0 Å². The molecule has 0 aliphatic carbocycles. The summed E-state index contributed by atoms with van der Waals surface area (Å²) >= 11 is 5.88. The van der Waals surface area contributed by atoms with Crippen molar-refractivity contribution in [3.8, 4) is 0 Å². The normalized spacial score (nSPS) is 23.0. The summed E-state index contributed by atoms with van der Waals surface area (Å²) in [6.07, 6.45) is -2.75. The zero-order valence-electron chi connectivity index (χ0n) is 11.5. The highest BCUT2D eigenvalue weighted by Crippen LogP contribution is 2.34. The van der Waals surface area contributed by atoms with Gasteiger partial charge in [0, 0.05) is 24.2 Å². The van der Waals surface area contributed by atoms with Crippen molar-refractivity contribution in [2.24, 2.45) is 11.7 Å². The van der Waals surface area contributed by atoms with Crippen molar-refractivity contribution >= 4 is 28.5 Å². The molecule has 2 N–H and O–H groups in total. The van der Waals surface area contributed by atoms with E-state index in [1.807, 2.05) is 0 Å². The molecule has 1 aromatic carbocycles. The van der Waals surface area contributed by atoms with Gasteiger partial charge < -0.3 is 10.6 Å². The molecule has 0 radical (unpaired) electrons. The molecule has 3 rings (SSSR count). The first-order valence-corrected chi connectivity index (χ1v) is 7.22. The Hall–Kier alpha value is -1.60. The summed E-state index contributed by atoms with van der Waals surface area (Å²) in [5.41, 5.74) is 6.99. The van der Waals surface area contributed by atoms with Gasteiger partial charge in [-0.3, -0.25) is 4.98 Å². The van der Waals surface area contributed by atoms with Crippen molar-refractivity contribution in [3.05, 3.63) is 29.4 Å². The molecule has 0 amide bonds. The second-order valence-electron chi connectivity index (χ2n) is 5.41. The second kappa shape index (κ2) is 5.55. The number of fused-ring (bicyclic) bond motifs is 1. The highest BCUT2D eigenvalue weighted by Gasteiger charge is 2.45. The van der Waals surface area contributed by atoms with Crippen LogP contribution < -0.4 is 10.6 Å². The van der Waals surface area contributed by atoms with Crippen LogP contribution in [0.25, 0.3) is 11.0 Å². The molecule has 22 heavy (non-hydrogen) atoms. The SMILES string of the molecule is NC1CN(c2cnc3cc(Cl)ccc3n2)CCC1C(F)(F)F. The lowest BCUT2D eigenvalue weighted by Crippen LogP contribution is -2.53. The molecule has 118 valence electrons. The zero-order valence-corrected chi connectivity index (χ0v) is 12.3. The number of alkyl halides is 3. The van der Waals surface area contributed by atoms with Crippen LogP contribution in [-0.2, 0) is 0 Å². The molecule has 0 spiro atoms. The Morgan fingerprint density at radius 2 is 2.05 bits per heavy atom. The first kappa shape index (κ1) is 15.3. The van der Waals surface area contributed by atoms with E-state index in [1.165, 1.54) is 0 Å². The third-order valence-corrected chi connectivity index (χ3v) is 4.13. The largest absolute Gasteiger partial charge is 0.393 e. The molecule has 1 aliphatic heterocycles. The van der Waals surface area contributed by atoms with E-state index in [2.05, 4.69) is 9.97 Å². The van der Waals surface area contributed by atoms with E-state index in [-0.39, 0.29) is 19.5 Å². The monoisotopic (exact) mass is 330 g/mol. The molecule has 8 heteroatoms. The number of hydrogen-bond donors (Lipinski definition) is 1. The molecular formula is C14H14ClF3N4. The number of hydrogen-bond acceptors (Lipinski definition) is 4. The number of aromatic nitrogens is 2. The summed E-state index contributed by atoms with van der Waals surface area (Å²) in [6, 6.07) is 4.16. The fraction of sp³-hybridized carbons (Fsp3) is 0.429. The number of nitrogens with zero attached hydrogens (tertiary/aromatic N) is 3. The molecule has 2 atom stereocenters. The van der Waals surface area contributed by atoms with Crippen LogP contribution in [0.2, 0.25) is 5.02 Å². The summed E-state index contributed by atoms with van der Waals surface area (Å²) < 4.78 is 38.5. The summed E-state index contributed by atoms with van der Waals surface area (Å²) in [7, 11) is 0. The lowest BCUT2D eigenvalue weighted by Gasteiger charge is -2.37. The van der Waals surface area contributed by atoms with Crippen LogP contribution in [0.15, 0.2) is 24.4 Å². The highest BCUT2D eigenvalue weighted by atomic mass is 35.5. The molecule has 1 aliphatic rings. The van der Waals surface area contributed by atoms with Crippen LogP contribution in [-0.4, -0.2) is 35.3 Å². The zero-order chi connectivity index (χ0) is 15.9. The van der Waals surface area contributed by atoms with E-state index in [9.17, 15) is 13.2 Å². The summed E-state index contributed by atoms with van der Waals surface area (Å²) in [6.45, 7) is 0.365. The Morgan fingerprint density at radius 3 is 2.73 bits per heavy atom. The summed E-state index contributed by atoms with van der Waals surface area (Å²) in [5.74, 6) is -0.929. The van der Waals surface area contributed by atoms with Crippen molar-refractivity contribution < 1.29 is 13.2 Å². The number of anilines is 1. The molecule has 1 saturated heterocycles. The molecule has 0 bridgehead atoms. The Kier molecular flexibility index (Phi) is 3.86.